The maximum absolute atomic E-state index is 10.6. The van der Waals surface area contributed by atoms with Gasteiger partial charge < -0.3 is 5.11 Å². The predicted octanol–water partition coefficient (Wildman–Crippen LogP) is -0.631. The van der Waals surface area contributed by atoms with Crippen LogP contribution in [0.2, 0.25) is 0 Å². The molecule has 0 atom stereocenters. The molecule has 0 bridgehead atoms. The number of nitrogens with zero attached hydrogens (tertiary/aromatic N) is 3. The van der Waals surface area contributed by atoms with Crippen molar-refractivity contribution in [3.8, 4) is 0 Å². The van der Waals surface area contributed by atoms with Crippen LogP contribution in [-0.4, -0.2) is 33.0 Å². The summed E-state index contributed by atoms with van der Waals surface area (Å²) in [5.41, 5.74) is -0.135. The highest BCUT2D eigenvalue weighted by Crippen LogP contribution is 2.10. The minimum Gasteiger partial charge on any atom is -0.476 e. The van der Waals surface area contributed by atoms with Crippen molar-refractivity contribution in [1.29, 1.82) is 0 Å². The zero-order chi connectivity index (χ0) is 9.84. The molecule has 0 radical (unpaired) electrons. The Morgan fingerprint density at radius 3 is 3.08 bits per heavy atom. The summed E-state index contributed by atoms with van der Waals surface area (Å²) in [5, 5.41) is 18.9. The van der Waals surface area contributed by atoms with Gasteiger partial charge in [0.25, 0.3) is 0 Å². The lowest BCUT2D eigenvalue weighted by atomic mass is 10.4. The first-order valence-electron chi connectivity index (χ1n) is 3.44. The van der Waals surface area contributed by atoms with Crippen molar-refractivity contribution >= 4 is 11.8 Å². The molecule has 13 heavy (non-hydrogen) atoms. The van der Waals surface area contributed by atoms with Crippen LogP contribution in [0.5, 0.6) is 0 Å². The fourth-order valence-electron chi connectivity index (χ4n) is 0.792. The fraction of sp³-hybridized carbons (Fsp3) is 0.167. The topological polar surface area (TPSA) is 108 Å². The van der Waals surface area contributed by atoms with Gasteiger partial charge in [-0.3, -0.25) is 5.01 Å². The third-order valence-electron chi connectivity index (χ3n) is 1.34. The van der Waals surface area contributed by atoms with Gasteiger partial charge in [-0.1, -0.05) is 11.3 Å². The van der Waals surface area contributed by atoms with Crippen LogP contribution in [0, 0.1) is 0 Å². The highest BCUT2D eigenvalue weighted by molar-refractivity contribution is 5.90. The van der Waals surface area contributed by atoms with E-state index in [-0.39, 0.29) is 11.5 Å². The van der Waals surface area contributed by atoms with E-state index in [0.29, 0.717) is 6.54 Å². The van der Waals surface area contributed by atoms with Crippen LogP contribution in [0.3, 0.4) is 0 Å². The number of aromatic nitrogens is 3. The first kappa shape index (κ1) is 9.20. The maximum atomic E-state index is 10.6. The van der Waals surface area contributed by atoms with Crippen molar-refractivity contribution in [3.63, 3.8) is 0 Å². The van der Waals surface area contributed by atoms with Gasteiger partial charge in [-0.2, -0.15) is 0 Å². The number of carbonyl (C=O) groups is 1. The number of hydrogen-bond donors (Lipinski definition) is 3. The van der Waals surface area contributed by atoms with E-state index in [2.05, 4.69) is 22.0 Å². The monoisotopic (exact) mass is 183 g/mol. The van der Waals surface area contributed by atoms with Gasteiger partial charge in [0.2, 0.25) is 0 Å². The number of aromatic carboxylic acids is 1. The molecule has 0 aliphatic heterocycles. The summed E-state index contributed by atoms with van der Waals surface area (Å²) in [6, 6.07) is 0. The number of carboxylic acids is 1. The molecular weight excluding hydrogens is 174 g/mol. The molecule has 1 aromatic heterocycles. The van der Waals surface area contributed by atoms with Gasteiger partial charge in [-0.15, -0.1) is 11.7 Å². The molecule has 0 aliphatic carbocycles. The Labute approximate surface area is 73.8 Å². The van der Waals surface area contributed by atoms with Gasteiger partial charge in [-0.25, -0.2) is 15.7 Å². The lowest BCUT2D eigenvalue weighted by Crippen LogP contribution is -2.32. The Bertz CT molecular complexity index is 321. The van der Waals surface area contributed by atoms with Crippen LogP contribution in [0.4, 0.5) is 5.82 Å². The van der Waals surface area contributed by atoms with Crippen LogP contribution in [0.25, 0.3) is 0 Å². The number of hydrazine groups is 1. The summed E-state index contributed by atoms with van der Waals surface area (Å²) < 4.78 is 0. The number of H-pyrrole nitrogens is 1. The van der Waals surface area contributed by atoms with Gasteiger partial charge in [0.1, 0.15) is 0 Å². The third-order valence-corrected chi connectivity index (χ3v) is 1.34. The molecule has 70 valence electrons. The zero-order valence-corrected chi connectivity index (χ0v) is 6.77. The summed E-state index contributed by atoms with van der Waals surface area (Å²) in [6.45, 7) is 3.76. The SMILES string of the molecule is C=CCN(N)c1nn[nH]c1C(=O)O. The predicted molar refractivity (Wildman–Crippen MR) is 45.1 cm³/mol. The second kappa shape index (κ2) is 3.68. The molecule has 0 spiro atoms. The lowest BCUT2D eigenvalue weighted by molar-refractivity contribution is 0.0691. The van der Waals surface area contributed by atoms with E-state index < -0.39 is 5.97 Å². The van der Waals surface area contributed by atoms with Crippen LogP contribution >= 0.6 is 0 Å². The van der Waals surface area contributed by atoms with Crippen molar-refractivity contribution in [2.24, 2.45) is 5.84 Å². The molecule has 1 rings (SSSR count). The summed E-state index contributed by atoms with van der Waals surface area (Å²) in [6.07, 6.45) is 1.53. The molecule has 1 aromatic rings. The maximum Gasteiger partial charge on any atom is 0.357 e. The van der Waals surface area contributed by atoms with Crippen LogP contribution in [-0.2, 0) is 0 Å². The number of hydrogen-bond acceptors (Lipinski definition) is 5. The smallest absolute Gasteiger partial charge is 0.357 e. The number of carboxylic acid groups (broad SMARTS) is 1. The molecule has 7 heteroatoms. The average Bonchev–Trinajstić information content (AvgIpc) is 2.52. The first-order chi connectivity index (χ1) is 6.16. The molecule has 0 unspecified atom stereocenters. The highest BCUT2D eigenvalue weighted by Gasteiger charge is 2.17. The van der Waals surface area contributed by atoms with Gasteiger partial charge in [-0.05, 0) is 0 Å². The van der Waals surface area contributed by atoms with E-state index in [4.69, 9.17) is 10.9 Å². The van der Waals surface area contributed by atoms with E-state index in [1.807, 2.05) is 0 Å². The summed E-state index contributed by atoms with van der Waals surface area (Å²) >= 11 is 0. The normalized spacial score (nSPS) is 9.62. The largest absolute Gasteiger partial charge is 0.476 e. The van der Waals surface area contributed by atoms with Gasteiger partial charge in [0.15, 0.2) is 11.5 Å². The number of anilines is 1. The molecule has 0 aliphatic rings. The molecule has 0 amide bonds. The van der Waals surface area contributed by atoms with Gasteiger partial charge in [0.05, 0.1) is 6.54 Å². The summed E-state index contributed by atoms with van der Waals surface area (Å²) in [7, 11) is 0. The van der Waals surface area contributed by atoms with Gasteiger partial charge in [0, 0.05) is 0 Å². The molecule has 0 saturated carbocycles. The van der Waals surface area contributed by atoms with E-state index in [9.17, 15) is 4.79 Å². The Hall–Kier alpha value is -1.89. The Morgan fingerprint density at radius 1 is 1.85 bits per heavy atom. The van der Waals surface area contributed by atoms with Crippen molar-refractivity contribution in [3.05, 3.63) is 18.3 Å². The van der Waals surface area contributed by atoms with E-state index in [0.717, 1.165) is 5.01 Å². The van der Waals surface area contributed by atoms with Crippen LogP contribution in [0.15, 0.2) is 12.7 Å². The van der Waals surface area contributed by atoms with Crippen molar-refractivity contribution in [2.45, 2.75) is 0 Å². The van der Waals surface area contributed by atoms with Crippen molar-refractivity contribution in [2.75, 3.05) is 11.6 Å². The Kier molecular flexibility index (Phi) is 2.60. The number of rotatable bonds is 4. The van der Waals surface area contributed by atoms with Crippen molar-refractivity contribution in [1.82, 2.24) is 15.4 Å². The molecular formula is C6H9N5O2. The second-order valence-electron chi connectivity index (χ2n) is 2.26. The minimum atomic E-state index is -1.15. The lowest BCUT2D eigenvalue weighted by Gasteiger charge is -2.12. The van der Waals surface area contributed by atoms with Gasteiger partial charge >= 0.3 is 5.97 Å². The molecule has 0 aromatic carbocycles. The Morgan fingerprint density at radius 2 is 2.54 bits per heavy atom. The second-order valence-corrected chi connectivity index (χ2v) is 2.26. The molecule has 1 heterocycles. The van der Waals surface area contributed by atoms with E-state index >= 15 is 0 Å². The van der Waals surface area contributed by atoms with E-state index in [1.54, 1.807) is 0 Å². The number of nitrogens with two attached hydrogens (primary N) is 1. The van der Waals surface area contributed by atoms with Crippen LogP contribution in [0.1, 0.15) is 10.5 Å². The molecule has 7 nitrogen and oxygen atoms in total. The third kappa shape index (κ3) is 1.82. The highest BCUT2D eigenvalue weighted by atomic mass is 16.4. The standard InChI is InChI=1S/C6H9N5O2/c1-2-3-11(7)5-4(6(12)13)8-10-9-5/h2H,1,3,7H2,(H,12,13)(H,8,9,10). The first-order valence-corrected chi connectivity index (χ1v) is 3.44. The number of aromatic amines is 1. The molecule has 4 N–H and O–H groups in total. The van der Waals surface area contributed by atoms with E-state index in [1.165, 1.54) is 6.08 Å². The Balaban J connectivity index is 2.92. The average molecular weight is 183 g/mol. The molecule has 0 fully saturated rings. The van der Waals surface area contributed by atoms with Crippen LogP contribution < -0.4 is 10.9 Å². The summed E-state index contributed by atoms with van der Waals surface area (Å²) in [4.78, 5) is 10.6. The fourth-order valence-corrected chi connectivity index (χ4v) is 0.792. The minimum absolute atomic E-state index is 0.0902. The van der Waals surface area contributed by atoms with Crippen molar-refractivity contribution < 1.29 is 9.90 Å². The zero-order valence-electron chi connectivity index (χ0n) is 6.77. The quantitative estimate of drug-likeness (QED) is 0.326. The molecule has 0 saturated heterocycles. The number of nitrogens with one attached hydrogen (secondary N) is 1. The summed E-state index contributed by atoms with van der Waals surface area (Å²) in [5.74, 6) is 4.40.